The van der Waals surface area contributed by atoms with Gasteiger partial charge in [0.05, 0.1) is 17.0 Å². The van der Waals surface area contributed by atoms with Gasteiger partial charge in [-0.05, 0) is 71.3 Å². The van der Waals surface area contributed by atoms with Gasteiger partial charge in [-0.15, -0.1) is 0 Å². The number of hydrogen-bond acceptors (Lipinski definition) is 6. The lowest BCUT2D eigenvalue weighted by Crippen LogP contribution is -2.49. The molecule has 0 saturated carbocycles. The van der Waals surface area contributed by atoms with E-state index in [1.165, 1.54) is 31.2 Å². The van der Waals surface area contributed by atoms with Gasteiger partial charge in [-0.3, -0.25) is 19.2 Å². The Morgan fingerprint density at radius 1 is 0.886 bits per heavy atom. The van der Waals surface area contributed by atoms with Gasteiger partial charge in [0.2, 0.25) is 5.91 Å². The Balaban J connectivity index is 1.49. The fourth-order valence-corrected chi connectivity index (χ4v) is 7.55. The summed E-state index contributed by atoms with van der Waals surface area (Å²) >= 11 is 12.8. The smallest absolute Gasteiger partial charge is 0.308 e. The molecule has 3 heterocycles. The SMILES string of the molecule is CC(=O)Oc1ccc(C(=O)[C@@H]2[C@@H](C(=O)c3ccc(Cl)cc3Cl)[C@@]3(C(=O)Nc4ccccc43)[C@H]3c4ccccc4C=CN23)cc1. The van der Waals surface area contributed by atoms with E-state index in [-0.39, 0.29) is 28.0 Å². The number of halogens is 2. The molecule has 4 atom stereocenters. The number of nitrogens with one attached hydrogen (secondary N) is 1. The van der Waals surface area contributed by atoms with E-state index >= 15 is 0 Å². The number of nitrogens with zero attached hydrogens (tertiary/aromatic N) is 1. The second kappa shape index (κ2) is 10.5. The third-order valence-corrected chi connectivity index (χ3v) is 9.27. The maximum atomic E-state index is 14.9. The Kier molecular flexibility index (Phi) is 6.68. The standard InChI is InChI=1S/C35H24Cl2N2O5/c1-19(40)44-23-13-10-21(11-14-23)31(41)30-29(32(42)25-15-12-22(36)18-27(25)37)35(26-8-4-5-9-28(26)38-34(35)43)33-24-7-3-2-6-20(24)16-17-39(30)33/h2-18,29-30,33H,1H3,(H,38,43)/t29-,30-,33+,35+/m0/s1. The van der Waals surface area contributed by atoms with Crippen molar-refractivity contribution in [3.8, 4) is 5.75 Å². The molecule has 4 aromatic rings. The molecule has 3 aliphatic heterocycles. The van der Waals surface area contributed by atoms with Crippen LogP contribution in [0.15, 0.2) is 97.2 Å². The molecule has 0 bridgehead atoms. The minimum atomic E-state index is -1.49. The van der Waals surface area contributed by atoms with Gasteiger partial charge in [0.1, 0.15) is 17.2 Å². The van der Waals surface area contributed by atoms with E-state index in [1.54, 1.807) is 30.5 Å². The van der Waals surface area contributed by atoms with Gasteiger partial charge in [-0.25, -0.2) is 0 Å². The largest absolute Gasteiger partial charge is 0.427 e. The number of para-hydroxylation sites is 1. The molecule has 0 radical (unpaired) electrons. The first-order chi connectivity index (χ1) is 21.2. The van der Waals surface area contributed by atoms with Crippen LogP contribution in [-0.4, -0.2) is 34.4 Å². The predicted octanol–water partition coefficient (Wildman–Crippen LogP) is 6.90. The van der Waals surface area contributed by atoms with Crippen molar-refractivity contribution in [2.24, 2.45) is 5.92 Å². The number of anilines is 1. The van der Waals surface area contributed by atoms with Crippen molar-refractivity contribution in [1.29, 1.82) is 0 Å². The third kappa shape index (κ3) is 4.11. The molecule has 1 saturated heterocycles. The zero-order chi connectivity index (χ0) is 30.7. The molecule has 44 heavy (non-hydrogen) atoms. The number of benzene rings is 4. The summed E-state index contributed by atoms with van der Waals surface area (Å²) < 4.78 is 5.16. The molecule has 1 amide bonds. The van der Waals surface area contributed by atoms with Gasteiger partial charge in [0, 0.05) is 35.0 Å². The minimum absolute atomic E-state index is 0.127. The van der Waals surface area contributed by atoms with Crippen molar-refractivity contribution < 1.29 is 23.9 Å². The highest BCUT2D eigenvalue weighted by Gasteiger charge is 2.70. The van der Waals surface area contributed by atoms with Crippen molar-refractivity contribution in [2.45, 2.75) is 24.4 Å². The number of carbonyl (C=O) groups excluding carboxylic acids is 4. The van der Waals surface area contributed by atoms with Crippen LogP contribution < -0.4 is 10.1 Å². The third-order valence-electron chi connectivity index (χ3n) is 8.72. The molecular formula is C35H24Cl2N2O5. The molecular weight excluding hydrogens is 599 g/mol. The van der Waals surface area contributed by atoms with Gasteiger partial charge in [0.15, 0.2) is 11.6 Å². The number of amides is 1. The number of ketones is 2. The monoisotopic (exact) mass is 622 g/mol. The van der Waals surface area contributed by atoms with Gasteiger partial charge in [-0.1, -0.05) is 65.7 Å². The number of hydrogen-bond donors (Lipinski definition) is 1. The number of carbonyl (C=O) groups is 4. The minimum Gasteiger partial charge on any atom is -0.427 e. The molecule has 7 rings (SSSR count). The maximum Gasteiger partial charge on any atom is 0.308 e. The summed E-state index contributed by atoms with van der Waals surface area (Å²) in [5.41, 5.74) is 1.90. The summed E-state index contributed by atoms with van der Waals surface area (Å²) in [6.07, 6.45) is 3.69. The average Bonchev–Trinajstić information content (AvgIpc) is 3.49. The predicted molar refractivity (Wildman–Crippen MR) is 167 cm³/mol. The van der Waals surface area contributed by atoms with Crippen LogP contribution in [0.25, 0.3) is 6.08 Å². The van der Waals surface area contributed by atoms with Crippen molar-refractivity contribution >= 4 is 58.4 Å². The Bertz CT molecular complexity index is 1920. The Morgan fingerprint density at radius 3 is 2.36 bits per heavy atom. The van der Waals surface area contributed by atoms with Crippen molar-refractivity contribution in [3.05, 3.63) is 135 Å². The highest BCUT2D eigenvalue weighted by atomic mass is 35.5. The van der Waals surface area contributed by atoms with Crippen LogP contribution >= 0.6 is 23.2 Å². The van der Waals surface area contributed by atoms with E-state index in [1.807, 2.05) is 53.4 Å². The maximum absolute atomic E-state index is 14.9. The van der Waals surface area contributed by atoms with Crippen LogP contribution in [-0.2, 0) is 15.0 Å². The topological polar surface area (TPSA) is 92.8 Å². The second-order valence-electron chi connectivity index (χ2n) is 11.1. The fourth-order valence-electron chi connectivity index (χ4n) is 7.05. The molecule has 0 unspecified atom stereocenters. The molecule has 1 N–H and O–H groups in total. The van der Waals surface area contributed by atoms with E-state index in [9.17, 15) is 19.2 Å². The van der Waals surface area contributed by atoms with Crippen molar-refractivity contribution in [3.63, 3.8) is 0 Å². The lowest BCUT2D eigenvalue weighted by atomic mass is 9.62. The van der Waals surface area contributed by atoms with Crippen LogP contribution in [0.5, 0.6) is 5.75 Å². The molecule has 7 nitrogen and oxygen atoms in total. The van der Waals surface area contributed by atoms with E-state index < -0.39 is 35.2 Å². The van der Waals surface area contributed by atoms with Gasteiger partial charge >= 0.3 is 5.97 Å². The number of Topliss-reactive ketones (excluding diaryl/α,β-unsaturated/α-hetero) is 2. The van der Waals surface area contributed by atoms with Crippen LogP contribution in [0.4, 0.5) is 5.69 Å². The van der Waals surface area contributed by atoms with Gasteiger partial charge in [-0.2, -0.15) is 0 Å². The number of rotatable bonds is 5. The number of esters is 1. The van der Waals surface area contributed by atoms with Gasteiger partial charge in [0.25, 0.3) is 0 Å². The van der Waals surface area contributed by atoms with E-state index in [0.29, 0.717) is 21.8 Å². The molecule has 9 heteroatoms. The lowest BCUT2D eigenvalue weighted by molar-refractivity contribution is -0.131. The van der Waals surface area contributed by atoms with Crippen molar-refractivity contribution in [1.82, 2.24) is 4.90 Å². The van der Waals surface area contributed by atoms with Crippen LogP contribution in [0.3, 0.4) is 0 Å². The molecule has 218 valence electrons. The van der Waals surface area contributed by atoms with Crippen molar-refractivity contribution in [2.75, 3.05) is 5.32 Å². The highest BCUT2D eigenvalue weighted by Crippen LogP contribution is 2.62. The molecule has 4 aromatic carbocycles. The summed E-state index contributed by atoms with van der Waals surface area (Å²) in [6, 6.07) is 23.9. The molecule has 1 spiro atoms. The van der Waals surface area contributed by atoms with Crippen LogP contribution in [0, 0.1) is 5.92 Å². The fraction of sp³-hybridized carbons (Fsp3) is 0.143. The molecule has 0 aliphatic carbocycles. The van der Waals surface area contributed by atoms with E-state index in [0.717, 1.165) is 11.1 Å². The lowest BCUT2D eigenvalue weighted by Gasteiger charge is -2.38. The Morgan fingerprint density at radius 2 is 1.61 bits per heavy atom. The summed E-state index contributed by atoms with van der Waals surface area (Å²) in [7, 11) is 0. The summed E-state index contributed by atoms with van der Waals surface area (Å²) in [5.74, 6) is -2.59. The Labute approximate surface area is 263 Å². The zero-order valence-corrected chi connectivity index (χ0v) is 24.8. The quantitative estimate of drug-likeness (QED) is 0.148. The number of fused-ring (bicyclic) bond motifs is 6. The zero-order valence-electron chi connectivity index (χ0n) is 23.3. The first-order valence-electron chi connectivity index (χ1n) is 14.0. The normalized spacial score (nSPS) is 22.7. The van der Waals surface area contributed by atoms with Crippen LogP contribution in [0.1, 0.15) is 50.4 Å². The van der Waals surface area contributed by atoms with Crippen LogP contribution in [0.2, 0.25) is 10.0 Å². The second-order valence-corrected chi connectivity index (χ2v) is 11.9. The van der Waals surface area contributed by atoms with E-state index in [2.05, 4.69) is 5.32 Å². The average molecular weight is 623 g/mol. The summed E-state index contributed by atoms with van der Waals surface area (Å²) in [6.45, 7) is 1.29. The first-order valence-corrected chi connectivity index (χ1v) is 14.7. The molecule has 1 fully saturated rings. The van der Waals surface area contributed by atoms with E-state index in [4.69, 9.17) is 27.9 Å². The van der Waals surface area contributed by atoms with Gasteiger partial charge < -0.3 is 15.0 Å². The summed E-state index contributed by atoms with van der Waals surface area (Å²) in [4.78, 5) is 57.4. The highest BCUT2D eigenvalue weighted by molar-refractivity contribution is 6.37. The molecule has 3 aliphatic rings. The Hall–Kier alpha value is -4.72. The molecule has 0 aromatic heterocycles. The number of ether oxygens (including phenoxy) is 1. The summed E-state index contributed by atoms with van der Waals surface area (Å²) in [5, 5.41) is 3.50. The first kappa shape index (κ1) is 28.1.